The van der Waals surface area contributed by atoms with Crippen molar-refractivity contribution < 1.29 is 13.9 Å². The number of nitrogens with zero attached hydrogens (tertiary/aromatic N) is 2. The van der Waals surface area contributed by atoms with Crippen molar-refractivity contribution in [3.05, 3.63) is 59.9 Å². The highest BCUT2D eigenvalue weighted by Crippen LogP contribution is 2.25. The molecule has 0 spiro atoms. The van der Waals surface area contributed by atoms with Crippen LogP contribution in [0.3, 0.4) is 0 Å². The number of ether oxygens (including phenoxy) is 1. The monoisotopic (exact) mass is 284 g/mol. The molecular weight excluding hydrogens is 271 g/mol. The summed E-state index contributed by atoms with van der Waals surface area (Å²) >= 11 is 0. The zero-order valence-corrected chi connectivity index (χ0v) is 11.4. The number of hydrogen-bond acceptors (Lipinski definition) is 3. The van der Waals surface area contributed by atoms with Crippen LogP contribution in [-0.4, -0.2) is 15.7 Å². The van der Waals surface area contributed by atoms with Crippen LogP contribution in [0.1, 0.15) is 12.5 Å². The summed E-state index contributed by atoms with van der Waals surface area (Å²) in [6.45, 7) is 1.60. The van der Waals surface area contributed by atoms with Gasteiger partial charge in [-0.2, -0.15) is 0 Å². The molecule has 3 aromatic rings. The fourth-order valence-electron chi connectivity index (χ4n) is 2.22. The molecule has 3 rings (SSSR count). The van der Waals surface area contributed by atoms with Crippen LogP contribution in [0.5, 0.6) is 5.88 Å². The van der Waals surface area contributed by atoms with Gasteiger partial charge in [0, 0.05) is 12.5 Å². The quantitative estimate of drug-likeness (QED) is 0.694. The number of rotatable bonds is 3. The van der Waals surface area contributed by atoms with E-state index >= 15 is 0 Å². The molecule has 1 aromatic heterocycles. The third-order valence-electron chi connectivity index (χ3n) is 3.14. The predicted molar refractivity (Wildman–Crippen MR) is 76.5 cm³/mol. The third-order valence-corrected chi connectivity index (χ3v) is 3.14. The highest BCUT2D eigenvalue weighted by atomic mass is 19.1. The number of fused-ring (bicyclic) bond motifs is 1. The number of carbonyl (C=O) groups is 1. The Morgan fingerprint density at radius 1 is 1.19 bits per heavy atom. The van der Waals surface area contributed by atoms with E-state index in [9.17, 15) is 9.18 Å². The fraction of sp³-hybridized carbons (Fsp3) is 0.125. The first-order valence-electron chi connectivity index (χ1n) is 6.52. The van der Waals surface area contributed by atoms with Crippen LogP contribution >= 0.6 is 0 Å². The molecule has 5 heteroatoms. The van der Waals surface area contributed by atoms with Gasteiger partial charge in [-0.25, -0.2) is 4.39 Å². The van der Waals surface area contributed by atoms with Crippen molar-refractivity contribution in [1.29, 1.82) is 0 Å². The maximum Gasteiger partial charge on any atom is 0.309 e. The number of aromatic nitrogens is 2. The van der Waals surface area contributed by atoms with Gasteiger partial charge in [0.1, 0.15) is 5.82 Å². The van der Waals surface area contributed by atoms with Crippen molar-refractivity contribution in [1.82, 2.24) is 9.78 Å². The van der Waals surface area contributed by atoms with Gasteiger partial charge >= 0.3 is 5.97 Å². The van der Waals surface area contributed by atoms with E-state index in [1.165, 1.54) is 13.0 Å². The van der Waals surface area contributed by atoms with Crippen molar-refractivity contribution in [2.45, 2.75) is 13.5 Å². The van der Waals surface area contributed by atoms with Gasteiger partial charge in [-0.15, -0.1) is 5.10 Å². The number of hydrogen-bond donors (Lipinski definition) is 0. The van der Waals surface area contributed by atoms with Crippen molar-refractivity contribution in [2.24, 2.45) is 0 Å². The lowest BCUT2D eigenvalue weighted by Gasteiger charge is -2.04. The van der Waals surface area contributed by atoms with E-state index in [2.05, 4.69) is 5.10 Å². The highest BCUT2D eigenvalue weighted by molar-refractivity contribution is 5.86. The number of benzene rings is 2. The minimum Gasteiger partial charge on any atom is -0.405 e. The van der Waals surface area contributed by atoms with Gasteiger partial charge < -0.3 is 4.74 Å². The Labute approximate surface area is 120 Å². The Bertz CT molecular complexity index is 811. The number of halogens is 1. The second kappa shape index (κ2) is 5.36. The van der Waals surface area contributed by atoms with Gasteiger partial charge in [0.2, 0.25) is 5.88 Å². The molecule has 0 fully saturated rings. The summed E-state index contributed by atoms with van der Waals surface area (Å²) in [4.78, 5) is 11.1. The topological polar surface area (TPSA) is 44.1 Å². The van der Waals surface area contributed by atoms with Gasteiger partial charge in [-0.3, -0.25) is 9.48 Å². The first-order chi connectivity index (χ1) is 10.1. The minimum absolute atomic E-state index is 0.245. The number of carbonyl (C=O) groups excluding carboxylic acids is 1. The zero-order valence-electron chi connectivity index (χ0n) is 11.4. The summed E-state index contributed by atoms with van der Waals surface area (Å²) in [5.41, 5.74) is 1.32. The molecule has 21 heavy (non-hydrogen) atoms. The second-order valence-electron chi connectivity index (χ2n) is 4.67. The van der Waals surface area contributed by atoms with Crippen LogP contribution in [0.4, 0.5) is 4.39 Å². The molecule has 0 saturated carbocycles. The molecule has 1 heterocycles. The maximum atomic E-state index is 13.8. The van der Waals surface area contributed by atoms with E-state index < -0.39 is 5.97 Å². The Morgan fingerprint density at radius 2 is 1.90 bits per heavy atom. The molecule has 0 aliphatic heterocycles. The summed E-state index contributed by atoms with van der Waals surface area (Å²) in [6.07, 6.45) is 0. The minimum atomic E-state index is -0.434. The largest absolute Gasteiger partial charge is 0.405 e. The number of esters is 1. The smallest absolute Gasteiger partial charge is 0.309 e. The van der Waals surface area contributed by atoms with E-state index in [4.69, 9.17) is 4.74 Å². The summed E-state index contributed by atoms with van der Waals surface area (Å²) in [5, 5.41) is 5.00. The van der Waals surface area contributed by atoms with Gasteiger partial charge in [-0.1, -0.05) is 30.3 Å². The Hall–Kier alpha value is -2.69. The standard InChI is InChI=1S/C16H13FN2O2/c1-11(20)21-16-13-7-3-5-9-15(13)19(18-16)10-12-6-2-4-8-14(12)17/h2-9H,10H2,1H3. The average molecular weight is 284 g/mol. The predicted octanol–water partition coefficient (Wildman–Crippen LogP) is 3.15. The van der Waals surface area contributed by atoms with Crippen molar-refractivity contribution in [3.63, 3.8) is 0 Å². The van der Waals surface area contributed by atoms with E-state index in [1.54, 1.807) is 22.9 Å². The zero-order chi connectivity index (χ0) is 14.8. The van der Waals surface area contributed by atoms with Crippen molar-refractivity contribution >= 4 is 16.9 Å². The Kier molecular flexibility index (Phi) is 3.39. The lowest BCUT2D eigenvalue weighted by atomic mass is 10.2. The molecule has 0 atom stereocenters. The molecule has 0 amide bonds. The lowest BCUT2D eigenvalue weighted by Crippen LogP contribution is -2.05. The summed E-state index contributed by atoms with van der Waals surface area (Å²) in [7, 11) is 0. The molecule has 0 saturated heterocycles. The van der Waals surface area contributed by atoms with Gasteiger partial charge in [0.25, 0.3) is 0 Å². The van der Waals surface area contributed by atoms with Gasteiger partial charge in [-0.05, 0) is 18.2 Å². The van der Waals surface area contributed by atoms with Crippen LogP contribution in [0.15, 0.2) is 48.5 Å². The normalized spacial score (nSPS) is 10.8. The average Bonchev–Trinajstić information content (AvgIpc) is 2.79. The van der Waals surface area contributed by atoms with E-state index in [0.717, 1.165) is 10.9 Å². The molecule has 0 N–H and O–H groups in total. The van der Waals surface area contributed by atoms with Gasteiger partial charge in [0.05, 0.1) is 17.4 Å². The molecule has 0 unspecified atom stereocenters. The molecular formula is C16H13FN2O2. The van der Waals surface area contributed by atoms with Crippen LogP contribution in [-0.2, 0) is 11.3 Å². The van der Waals surface area contributed by atoms with Crippen molar-refractivity contribution in [2.75, 3.05) is 0 Å². The van der Waals surface area contributed by atoms with E-state index in [0.29, 0.717) is 5.56 Å². The van der Waals surface area contributed by atoms with E-state index in [-0.39, 0.29) is 18.2 Å². The molecule has 0 bridgehead atoms. The van der Waals surface area contributed by atoms with E-state index in [1.807, 2.05) is 24.3 Å². The Morgan fingerprint density at radius 3 is 2.67 bits per heavy atom. The third kappa shape index (κ3) is 2.63. The molecule has 2 aromatic carbocycles. The summed E-state index contributed by atoms with van der Waals surface area (Å²) in [6, 6.07) is 13.9. The fourth-order valence-corrected chi connectivity index (χ4v) is 2.22. The molecule has 0 radical (unpaired) electrons. The molecule has 0 aliphatic carbocycles. The lowest BCUT2D eigenvalue weighted by molar-refractivity contribution is -0.132. The van der Waals surface area contributed by atoms with Crippen molar-refractivity contribution in [3.8, 4) is 5.88 Å². The highest BCUT2D eigenvalue weighted by Gasteiger charge is 2.14. The molecule has 106 valence electrons. The van der Waals surface area contributed by atoms with Crippen LogP contribution in [0.2, 0.25) is 0 Å². The van der Waals surface area contributed by atoms with Crippen LogP contribution in [0, 0.1) is 5.82 Å². The van der Waals surface area contributed by atoms with Gasteiger partial charge in [0.15, 0.2) is 0 Å². The van der Waals surface area contributed by atoms with Crippen LogP contribution in [0.25, 0.3) is 10.9 Å². The summed E-state index contributed by atoms with van der Waals surface area (Å²) < 4.78 is 20.5. The van der Waals surface area contributed by atoms with Crippen LogP contribution < -0.4 is 4.74 Å². The Balaban J connectivity index is 2.06. The first-order valence-corrected chi connectivity index (χ1v) is 6.52. The molecule has 4 nitrogen and oxygen atoms in total. The summed E-state index contributed by atoms with van der Waals surface area (Å²) in [5.74, 6) is -0.475. The first kappa shape index (κ1) is 13.3. The molecule has 0 aliphatic rings. The SMILES string of the molecule is CC(=O)Oc1nn(Cc2ccccc2F)c2ccccc12. The maximum absolute atomic E-state index is 13.8. The number of para-hydroxylation sites is 1. The second-order valence-corrected chi connectivity index (χ2v) is 4.67.